The summed E-state index contributed by atoms with van der Waals surface area (Å²) in [7, 11) is 1.59. The molecule has 0 heterocycles. The van der Waals surface area contributed by atoms with Crippen molar-refractivity contribution < 1.29 is 14.3 Å². The van der Waals surface area contributed by atoms with Crippen LogP contribution in [0.15, 0.2) is 24.3 Å². The molecule has 0 bridgehead atoms. The molecule has 5 heteroatoms. The predicted molar refractivity (Wildman–Crippen MR) is 76.8 cm³/mol. The summed E-state index contributed by atoms with van der Waals surface area (Å²) in [5, 5.41) is 2.98. The van der Waals surface area contributed by atoms with E-state index >= 15 is 0 Å². The lowest BCUT2D eigenvalue weighted by molar-refractivity contribution is -0.125. The van der Waals surface area contributed by atoms with Crippen LogP contribution in [-0.2, 0) is 4.79 Å². The molecule has 1 amide bonds. The standard InChI is InChI=1S/C15H22N2O3/c1-15(10-16,11-6-7-11)17-14(18)9-20-13-5-3-4-12(8-13)19-2/h3-5,8,11H,6-7,9-10,16H2,1-2H3,(H,17,18). The minimum Gasteiger partial charge on any atom is -0.497 e. The van der Waals surface area contributed by atoms with Gasteiger partial charge in [0.25, 0.3) is 5.91 Å². The number of ether oxygens (including phenoxy) is 2. The van der Waals surface area contributed by atoms with Crippen LogP contribution in [-0.4, -0.2) is 31.7 Å². The van der Waals surface area contributed by atoms with E-state index in [1.54, 1.807) is 19.2 Å². The van der Waals surface area contributed by atoms with E-state index in [2.05, 4.69) is 5.32 Å². The van der Waals surface area contributed by atoms with Crippen LogP contribution in [0.3, 0.4) is 0 Å². The first kappa shape index (κ1) is 14.7. The third-order valence-electron chi connectivity index (χ3n) is 3.74. The second-order valence-electron chi connectivity index (χ2n) is 5.41. The van der Waals surface area contributed by atoms with Crippen molar-refractivity contribution in [2.45, 2.75) is 25.3 Å². The molecule has 1 unspecified atom stereocenters. The van der Waals surface area contributed by atoms with E-state index in [1.807, 2.05) is 19.1 Å². The van der Waals surface area contributed by atoms with Crippen molar-refractivity contribution in [3.63, 3.8) is 0 Å². The van der Waals surface area contributed by atoms with Crippen LogP contribution in [0.25, 0.3) is 0 Å². The van der Waals surface area contributed by atoms with Crippen LogP contribution in [0, 0.1) is 5.92 Å². The highest BCUT2D eigenvalue weighted by atomic mass is 16.5. The lowest BCUT2D eigenvalue weighted by atomic mass is 9.96. The Hall–Kier alpha value is -1.75. The Kier molecular flexibility index (Phi) is 4.49. The van der Waals surface area contributed by atoms with Crippen molar-refractivity contribution in [3.8, 4) is 11.5 Å². The first-order chi connectivity index (χ1) is 9.57. The summed E-state index contributed by atoms with van der Waals surface area (Å²) in [5.41, 5.74) is 5.46. The molecule has 1 aromatic carbocycles. The van der Waals surface area contributed by atoms with E-state index < -0.39 is 0 Å². The third kappa shape index (κ3) is 3.63. The number of methoxy groups -OCH3 is 1. The van der Waals surface area contributed by atoms with Gasteiger partial charge in [0.2, 0.25) is 0 Å². The zero-order chi connectivity index (χ0) is 14.6. The maximum atomic E-state index is 12.0. The molecule has 1 saturated carbocycles. The minimum absolute atomic E-state index is 0.0184. The smallest absolute Gasteiger partial charge is 0.258 e. The number of hydrogen-bond donors (Lipinski definition) is 2. The van der Waals surface area contributed by atoms with Crippen molar-refractivity contribution in [1.82, 2.24) is 5.32 Å². The summed E-state index contributed by atoms with van der Waals surface area (Å²) in [5.74, 6) is 1.66. The van der Waals surface area contributed by atoms with Crippen molar-refractivity contribution in [1.29, 1.82) is 0 Å². The van der Waals surface area contributed by atoms with Gasteiger partial charge in [-0.25, -0.2) is 0 Å². The topological polar surface area (TPSA) is 73.6 Å². The van der Waals surface area contributed by atoms with Crippen LogP contribution in [0.4, 0.5) is 0 Å². The number of carbonyl (C=O) groups excluding carboxylic acids is 1. The van der Waals surface area contributed by atoms with Gasteiger partial charge in [0.1, 0.15) is 11.5 Å². The first-order valence-electron chi connectivity index (χ1n) is 6.85. The van der Waals surface area contributed by atoms with Gasteiger partial charge in [-0.05, 0) is 37.8 Å². The molecule has 5 nitrogen and oxygen atoms in total. The lowest BCUT2D eigenvalue weighted by Gasteiger charge is -2.29. The molecule has 0 aliphatic heterocycles. The van der Waals surface area contributed by atoms with Gasteiger partial charge in [0, 0.05) is 12.6 Å². The van der Waals surface area contributed by atoms with E-state index in [0.29, 0.717) is 24.0 Å². The third-order valence-corrected chi connectivity index (χ3v) is 3.74. The number of benzene rings is 1. The van der Waals surface area contributed by atoms with Crippen molar-refractivity contribution in [2.75, 3.05) is 20.3 Å². The fourth-order valence-corrected chi connectivity index (χ4v) is 2.23. The lowest BCUT2D eigenvalue weighted by Crippen LogP contribution is -2.54. The maximum Gasteiger partial charge on any atom is 0.258 e. The Morgan fingerprint density at radius 1 is 1.45 bits per heavy atom. The highest BCUT2D eigenvalue weighted by molar-refractivity contribution is 5.78. The van der Waals surface area contributed by atoms with Crippen molar-refractivity contribution in [3.05, 3.63) is 24.3 Å². The summed E-state index contributed by atoms with van der Waals surface area (Å²) in [6.07, 6.45) is 2.26. The number of nitrogens with two attached hydrogens (primary N) is 1. The number of hydrogen-bond acceptors (Lipinski definition) is 4. The molecule has 0 radical (unpaired) electrons. The monoisotopic (exact) mass is 278 g/mol. The zero-order valence-electron chi connectivity index (χ0n) is 12.0. The summed E-state index contributed by atoms with van der Waals surface area (Å²) in [4.78, 5) is 12.0. The predicted octanol–water partition coefficient (Wildman–Crippen LogP) is 1.32. The van der Waals surface area contributed by atoms with E-state index in [4.69, 9.17) is 15.2 Å². The molecule has 1 fully saturated rings. The SMILES string of the molecule is COc1cccc(OCC(=O)NC(C)(CN)C2CC2)c1. The Morgan fingerprint density at radius 2 is 2.15 bits per heavy atom. The molecular weight excluding hydrogens is 256 g/mol. The number of rotatable bonds is 7. The number of nitrogens with one attached hydrogen (secondary N) is 1. The second-order valence-corrected chi connectivity index (χ2v) is 5.41. The van der Waals surface area contributed by atoms with Crippen LogP contribution in [0.1, 0.15) is 19.8 Å². The molecule has 20 heavy (non-hydrogen) atoms. The van der Waals surface area contributed by atoms with Gasteiger partial charge in [0.05, 0.1) is 12.6 Å². The molecule has 1 aromatic rings. The fraction of sp³-hybridized carbons (Fsp3) is 0.533. The van der Waals surface area contributed by atoms with E-state index in [9.17, 15) is 4.79 Å². The van der Waals surface area contributed by atoms with Crippen LogP contribution < -0.4 is 20.5 Å². The Labute approximate surface area is 119 Å². The number of amides is 1. The summed E-state index contributed by atoms with van der Waals surface area (Å²) in [6, 6.07) is 7.18. The van der Waals surface area contributed by atoms with Crippen molar-refractivity contribution in [2.24, 2.45) is 11.7 Å². The summed E-state index contributed by atoms with van der Waals surface area (Å²) >= 11 is 0. The largest absolute Gasteiger partial charge is 0.497 e. The minimum atomic E-state index is -0.311. The van der Waals surface area contributed by atoms with Gasteiger partial charge in [-0.2, -0.15) is 0 Å². The molecule has 110 valence electrons. The van der Waals surface area contributed by atoms with E-state index in [0.717, 1.165) is 12.8 Å². The average molecular weight is 278 g/mol. The van der Waals surface area contributed by atoms with Gasteiger partial charge in [0.15, 0.2) is 6.61 Å². The highest BCUT2D eigenvalue weighted by Gasteiger charge is 2.41. The molecule has 2 rings (SSSR count). The van der Waals surface area contributed by atoms with Crippen LogP contribution >= 0.6 is 0 Å². The Morgan fingerprint density at radius 3 is 2.75 bits per heavy atom. The van der Waals surface area contributed by atoms with Gasteiger partial charge >= 0.3 is 0 Å². The molecule has 0 saturated heterocycles. The fourth-order valence-electron chi connectivity index (χ4n) is 2.23. The summed E-state index contributed by atoms with van der Waals surface area (Å²) in [6.45, 7) is 2.42. The van der Waals surface area contributed by atoms with Gasteiger partial charge in [-0.3, -0.25) is 4.79 Å². The molecule has 1 atom stereocenters. The Balaban J connectivity index is 1.85. The zero-order valence-corrected chi connectivity index (χ0v) is 12.0. The van der Waals surface area contributed by atoms with Gasteiger partial charge in [-0.1, -0.05) is 6.07 Å². The molecule has 0 spiro atoms. The highest BCUT2D eigenvalue weighted by Crippen LogP contribution is 2.38. The quantitative estimate of drug-likeness (QED) is 0.789. The number of carbonyl (C=O) groups is 1. The van der Waals surface area contributed by atoms with E-state index in [1.165, 1.54) is 0 Å². The Bertz CT molecular complexity index is 474. The normalized spacial score (nSPS) is 17.1. The molecule has 1 aliphatic carbocycles. The summed E-state index contributed by atoms with van der Waals surface area (Å²) < 4.78 is 10.6. The van der Waals surface area contributed by atoms with Gasteiger partial charge < -0.3 is 20.5 Å². The van der Waals surface area contributed by atoms with Crippen LogP contribution in [0.2, 0.25) is 0 Å². The molecule has 1 aliphatic rings. The molecule has 3 N–H and O–H groups in total. The molecule has 0 aromatic heterocycles. The maximum absolute atomic E-state index is 12.0. The second kappa shape index (κ2) is 6.13. The van der Waals surface area contributed by atoms with Crippen molar-refractivity contribution >= 4 is 5.91 Å². The van der Waals surface area contributed by atoms with Crippen LogP contribution in [0.5, 0.6) is 11.5 Å². The van der Waals surface area contributed by atoms with Gasteiger partial charge in [-0.15, -0.1) is 0 Å². The first-order valence-corrected chi connectivity index (χ1v) is 6.85. The molecular formula is C15H22N2O3. The average Bonchev–Trinajstić information content (AvgIpc) is 3.30. The van der Waals surface area contributed by atoms with E-state index in [-0.39, 0.29) is 18.1 Å².